The number of hydrogen-bond acceptors (Lipinski definition) is 5. The van der Waals surface area contributed by atoms with Crippen LogP contribution in [0.2, 0.25) is 0 Å². The van der Waals surface area contributed by atoms with Gasteiger partial charge in [0.1, 0.15) is 5.60 Å². The van der Waals surface area contributed by atoms with Crippen LogP contribution in [0.3, 0.4) is 0 Å². The third-order valence-corrected chi connectivity index (χ3v) is 14.0. The van der Waals surface area contributed by atoms with Crippen LogP contribution < -0.4 is 0 Å². The highest BCUT2D eigenvalue weighted by Gasteiger charge is 2.81. The molecule has 6 aliphatic rings. The summed E-state index contributed by atoms with van der Waals surface area (Å²) in [6.07, 6.45) is 2.34. The van der Waals surface area contributed by atoms with Crippen molar-refractivity contribution in [3.8, 4) is 0 Å². The van der Waals surface area contributed by atoms with Crippen LogP contribution in [0, 0.1) is 63.6 Å². The number of fused-ring (bicyclic) bond motifs is 4. The first-order valence-electron chi connectivity index (χ1n) is 14.6. The van der Waals surface area contributed by atoms with E-state index in [1.54, 1.807) is 0 Å². The van der Waals surface area contributed by atoms with Gasteiger partial charge in [0.05, 0.1) is 30.5 Å². The summed E-state index contributed by atoms with van der Waals surface area (Å²) in [4.78, 5) is 0. The molecule has 6 fully saturated rings. The van der Waals surface area contributed by atoms with Crippen LogP contribution in [0.15, 0.2) is 0 Å². The molecule has 6 rings (SSSR count). The molecule has 1 spiro atoms. The molecule has 5 nitrogen and oxygen atoms in total. The molecule has 200 valence electrons. The van der Waals surface area contributed by atoms with Gasteiger partial charge in [-0.3, -0.25) is 0 Å². The van der Waals surface area contributed by atoms with Crippen molar-refractivity contribution in [2.75, 3.05) is 0 Å². The third kappa shape index (κ3) is 2.89. The van der Waals surface area contributed by atoms with Gasteiger partial charge in [0.15, 0.2) is 0 Å². The quantitative estimate of drug-likeness (QED) is 0.447. The van der Waals surface area contributed by atoms with Crippen molar-refractivity contribution >= 4 is 0 Å². The van der Waals surface area contributed by atoms with Gasteiger partial charge in [0.25, 0.3) is 0 Å². The summed E-state index contributed by atoms with van der Waals surface area (Å²) in [5.41, 5.74) is -1.11. The van der Waals surface area contributed by atoms with Gasteiger partial charge in [-0.05, 0) is 78.9 Å². The molecule has 0 aromatic heterocycles. The van der Waals surface area contributed by atoms with Gasteiger partial charge < -0.3 is 25.2 Å². The van der Waals surface area contributed by atoms with Crippen molar-refractivity contribution in [3.05, 3.63) is 0 Å². The van der Waals surface area contributed by atoms with Crippen LogP contribution in [0.4, 0.5) is 0 Å². The Balaban J connectivity index is 1.31. The van der Waals surface area contributed by atoms with Crippen LogP contribution in [-0.2, 0) is 4.74 Å². The average molecular weight is 491 g/mol. The Morgan fingerprint density at radius 3 is 2.20 bits per heavy atom. The summed E-state index contributed by atoms with van der Waals surface area (Å²) in [7, 11) is 0. The maximum Gasteiger partial charge on any atom is 0.105 e. The van der Waals surface area contributed by atoms with Gasteiger partial charge in [-0.2, -0.15) is 0 Å². The molecule has 4 N–H and O–H groups in total. The molecule has 16 atom stereocenters. The Hall–Kier alpha value is -0.200. The molecule has 5 saturated carbocycles. The smallest absolute Gasteiger partial charge is 0.105 e. The minimum atomic E-state index is -0.869. The molecule has 5 aliphatic carbocycles. The first-order chi connectivity index (χ1) is 16.2. The Labute approximate surface area is 212 Å². The highest BCUT2D eigenvalue weighted by atomic mass is 16.6. The molecule has 5 heteroatoms. The van der Waals surface area contributed by atoms with Crippen LogP contribution in [0.1, 0.15) is 87.0 Å². The number of hydrogen-bond donors (Lipinski definition) is 4. The summed E-state index contributed by atoms with van der Waals surface area (Å²) in [5, 5.41) is 45.5. The maximum absolute atomic E-state index is 11.9. The lowest BCUT2D eigenvalue weighted by molar-refractivity contribution is -0.246. The Bertz CT molecular complexity index is 877. The largest absolute Gasteiger partial charge is 0.393 e. The topological polar surface area (TPSA) is 93.5 Å². The predicted molar refractivity (Wildman–Crippen MR) is 134 cm³/mol. The van der Waals surface area contributed by atoms with Crippen LogP contribution >= 0.6 is 0 Å². The maximum atomic E-state index is 11.9. The standard InChI is InChI=1S/C30H50O5/c1-14(2)16(4)27(5)13-21(27)15(3)19-8-9-20-18-11-23-30(35-23)12-17(31)10-22(32)29(30,7)24(18)25(33)26(34)28(19,20)6/h14-26,31-34H,8-13H2,1-7H3. The Kier molecular flexibility index (Phi) is 5.35. The van der Waals surface area contributed by atoms with Crippen molar-refractivity contribution in [1.29, 1.82) is 0 Å². The zero-order chi connectivity index (χ0) is 25.5. The zero-order valence-corrected chi connectivity index (χ0v) is 22.9. The third-order valence-electron chi connectivity index (χ3n) is 14.0. The molecule has 1 saturated heterocycles. The highest BCUT2D eigenvalue weighted by molar-refractivity contribution is 5.28. The predicted octanol–water partition coefficient (Wildman–Crippen LogP) is 4.00. The van der Waals surface area contributed by atoms with E-state index in [-0.39, 0.29) is 23.4 Å². The summed E-state index contributed by atoms with van der Waals surface area (Å²) in [6, 6.07) is 0. The van der Waals surface area contributed by atoms with Crippen molar-refractivity contribution in [1.82, 2.24) is 0 Å². The first kappa shape index (κ1) is 25.1. The number of epoxide rings is 1. The number of aliphatic hydroxyl groups excluding tert-OH is 4. The molecule has 0 bridgehead atoms. The molecule has 35 heavy (non-hydrogen) atoms. The normalized spacial score (nSPS) is 62.4. The lowest BCUT2D eigenvalue weighted by atomic mass is 9.42. The number of aliphatic hydroxyl groups is 4. The summed E-state index contributed by atoms with van der Waals surface area (Å²) in [6.45, 7) is 16.4. The monoisotopic (exact) mass is 490 g/mol. The molecule has 1 heterocycles. The summed E-state index contributed by atoms with van der Waals surface area (Å²) in [5.74, 6) is 3.37. The van der Waals surface area contributed by atoms with Gasteiger partial charge in [0.2, 0.25) is 0 Å². The fraction of sp³-hybridized carbons (Fsp3) is 1.00. The van der Waals surface area contributed by atoms with E-state index in [9.17, 15) is 20.4 Å². The van der Waals surface area contributed by atoms with Crippen LogP contribution in [0.5, 0.6) is 0 Å². The van der Waals surface area contributed by atoms with E-state index in [1.165, 1.54) is 6.42 Å². The lowest BCUT2D eigenvalue weighted by Gasteiger charge is -2.63. The van der Waals surface area contributed by atoms with E-state index >= 15 is 0 Å². The SMILES string of the molecule is CC(C)C(C)C1(C)CC1C(C)C1CCC2C3CC4OC45CC(O)CC(O)C5(C)C3C(O)C(O)C12C. The van der Waals surface area contributed by atoms with E-state index in [2.05, 4.69) is 48.5 Å². The van der Waals surface area contributed by atoms with E-state index in [0.29, 0.717) is 53.8 Å². The summed E-state index contributed by atoms with van der Waals surface area (Å²) < 4.78 is 6.36. The molecular formula is C30H50O5. The summed E-state index contributed by atoms with van der Waals surface area (Å²) >= 11 is 0. The van der Waals surface area contributed by atoms with Crippen molar-refractivity contribution in [2.24, 2.45) is 63.6 Å². The highest BCUT2D eigenvalue weighted by Crippen LogP contribution is 2.75. The van der Waals surface area contributed by atoms with Gasteiger partial charge in [0, 0.05) is 23.2 Å². The Morgan fingerprint density at radius 1 is 0.857 bits per heavy atom. The lowest BCUT2D eigenvalue weighted by Crippen LogP contribution is -2.70. The fourth-order valence-corrected chi connectivity index (χ4v) is 11.4. The minimum Gasteiger partial charge on any atom is -0.393 e. The van der Waals surface area contributed by atoms with E-state index < -0.39 is 35.4 Å². The van der Waals surface area contributed by atoms with Crippen molar-refractivity contribution in [2.45, 2.75) is 123 Å². The molecule has 1 aliphatic heterocycles. The van der Waals surface area contributed by atoms with Crippen LogP contribution in [0.25, 0.3) is 0 Å². The van der Waals surface area contributed by atoms with Gasteiger partial charge >= 0.3 is 0 Å². The van der Waals surface area contributed by atoms with E-state index in [0.717, 1.165) is 19.3 Å². The van der Waals surface area contributed by atoms with Gasteiger partial charge in [-0.15, -0.1) is 0 Å². The van der Waals surface area contributed by atoms with E-state index in [4.69, 9.17) is 4.74 Å². The van der Waals surface area contributed by atoms with Gasteiger partial charge in [-0.25, -0.2) is 0 Å². The molecule has 16 unspecified atom stereocenters. The van der Waals surface area contributed by atoms with Crippen LogP contribution in [-0.4, -0.2) is 56.5 Å². The number of rotatable bonds is 4. The van der Waals surface area contributed by atoms with E-state index in [1.807, 2.05) is 0 Å². The second-order valence-electron chi connectivity index (χ2n) is 15.1. The molecule has 0 amide bonds. The zero-order valence-electron chi connectivity index (χ0n) is 22.9. The molecule has 0 aromatic carbocycles. The molecule has 0 radical (unpaired) electrons. The van der Waals surface area contributed by atoms with Crippen molar-refractivity contribution < 1.29 is 25.2 Å². The Morgan fingerprint density at radius 2 is 1.54 bits per heavy atom. The second-order valence-corrected chi connectivity index (χ2v) is 15.1. The van der Waals surface area contributed by atoms with Crippen molar-refractivity contribution in [3.63, 3.8) is 0 Å². The average Bonchev–Trinajstić information content (AvgIpc) is 3.64. The fourth-order valence-electron chi connectivity index (χ4n) is 11.4. The second kappa shape index (κ2) is 7.46. The number of ether oxygens (including phenoxy) is 1. The first-order valence-corrected chi connectivity index (χ1v) is 14.6. The van der Waals surface area contributed by atoms with Gasteiger partial charge in [-0.1, -0.05) is 48.5 Å². The molecular weight excluding hydrogens is 440 g/mol. The molecule has 0 aromatic rings. The minimum absolute atomic E-state index is 0.0557.